The number of hydrogen-bond donors (Lipinski definition) is 1. The molecule has 2 N–H and O–H groups in total. The lowest BCUT2D eigenvalue weighted by Crippen LogP contribution is -2.15. The Morgan fingerprint density at radius 3 is 2.65 bits per heavy atom. The Morgan fingerprint density at radius 1 is 1.24 bits per heavy atom. The van der Waals surface area contributed by atoms with E-state index in [4.69, 9.17) is 5.73 Å². The third-order valence-electron chi connectivity index (χ3n) is 2.68. The molecule has 2 rings (SSSR count). The van der Waals surface area contributed by atoms with Crippen LogP contribution in [0.25, 0.3) is 0 Å². The summed E-state index contributed by atoms with van der Waals surface area (Å²) in [7, 11) is 0. The van der Waals surface area contributed by atoms with E-state index in [-0.39, 0.29) is 11.9 Å². The topological polar surface area (TPSA) is 51.8 Å². The minimum atomic E-state index is -0.350. The molecule has 0 radical (unpaired) electrons. The van der Waals surface area contributed by atoms with Gasteiger partial charge in [-0.15, -0.1) is 0 Å². The fourth-order valence-corrected chi connectivity index (χ4v) is 1.80. The maximum absolute atomic E-state index is 13.0. The van der Waals surface area contributed by atoms with E-state index in [1.807, 2.05) is 13.8 Å². The average Bonchev–Trinajstić information content (AvgIpc) is 2.28. The van der Waals surface area contributed by atoms with E-state index < -0.39 is 0 Å². The first kappa shape index (κ1) is 11.7. The zero-order valence-corrected chi connectivity index (χ0v) is 9.81. The highest BCUT2D eigenvalue weighted by atomic mass is 19.1. The van der Waals surface area contributed by atoms with Crippen LogP contribution in [0, 0.1) is 19.7 Å². The van der Waals surface area contributed by atoms with Gasteiger partial charge < -0.3 is 5.73 Å². The van der Waals surface area contributed by atoms with E-state index in [1.165, 1.54) is 12.1 Å². The summed E-state index contributed by atoms with van der Waals surface area (Å²) in [5, 5.41) is 0. The van der Waals surface area contributed by atoms with Crippen LogP contribution >= 0.6 is 0 Å². The fourth-order valence-electron chi connectivity index (χ4n) is 1.80. The van der Waals surface area contributed by atoms with Crippen LogP contribution in [0.1, 0.15) is 28.7 Å². The van der Waals surface area contributed by atoms with Crippen LogP contribution in [0.15, 0.2) is 30.5 Å². The van der Waals surface area contributed by atoms with Crippen LogP contribution in [-0.2, 0) is 0 Å². The van der Waals surface area contributed by atoms with Crippen LogP contribution in [0.5, 0.6) is 0 Å². The smallest absolute Gasteiger partial charge is 0.125 e. The minimum absolute atomic E-state index is 0.252. The van der Waals surface area contributed by atoms with E-state index in [9.17, 15) is 4.39 Å². The van der Waals surface area contributed by atoms with Crippen molar-refractivity contribution < 1.29 is 4.39 Å². The minimum Gasteiger partial charge on any atom is -0.319 e. The first-order chi connectivity index (χ1) is 8.08. The number of benzene rings is 1. The molecule has 1 heterocycles. The van der Waals surface area contributed by atoms with Crippen LogP contribution in [0.2, 0.25) is 0 Å². The van der Waals surface area contributed by atoms with Crippen LogP contribution < -0.4 is 5.73 Å². The summed E-state index contributed by atoms with van der Waals surface area (Å²) in [4.78, 5) is 8.31. The first-order valence-corrected chi connectivity index (χ1v) is 5.39. The second-order valence-corrected chi connectivity index (χ2v) is 4.01. The summed E-state index contributed by atoms with van der Waals surface area (Å²) in [6.07, 6.45) is 1.68. The van der Waals surface area contributed by atoms with Crippen LogP contribution in [0.3, 0.4) is 0 Å². The molecule has 0 amide bonds. The largest absolute Gasteiger partial charge is 0.319 e. The molecule has 1 aromatic heterocycles. The molecule has 2 aromatic rings. The summed E-state index contributed by atoms with van der Waals surface area (Å²) in [6, 6.07) is 6.02. The Kier molecular flexibility index (Phi) is 3.15. The second-order valence-electron chi connectivity index (χ2n) is 4.01. The Hall–Kier alpha value is -1.81. The summed E-state index contributed by atoms with van der Waals surface area (Å²) in [5.74, 6) is 0.426. The van der Waals surface area contributed by atoms with Gasteiger partial charge in [-0.2, -0.15) is 0 Å². The maximum Gasteiger partial charge on any atom is 0.125 e. The first-order valence-electron chi connectivity index (χ1n) is 5.39. The molecule has 0 aliphatic carbocycles. The SMILES string of the molecule is Cc1nccc(C(N)c2ccc(F)cc2C)n1. The van der Waals surface area contributed by atoms with Gasteiger partial charge in [0, 0.05) is 6.20 Å². The van der Waals surface area contributed by atoms with Crippen LogP contribution in [-0.4, -0.2) is 9.97 Å². The number of aromatic nitrogens is 2. The highest BCUT2D eigenvalue weighted by Gasteiger charge is 2.13. The van der Waals surface area contributed by atoms with Crippen molar-refractivity contribution in [2.75, 3.05) is 0 Å². The normalized spacial score (nSPS) is 12.5. The lowest BCUT2D eigenvalue weighted by molar-refractivity contribution is 0.624. The Balaban J connectivity index is 2.40. The van der Waals surface area contributed by atoms with Crippen molar-refractivity contribution in [3.63, 3.8) is 0 Å². The van der Waals surface area contributed by atoms with Crippen LogP contribution in [0.4, 0.5) is 4.39 Å². The second kappa shape index (κ2) is 4.59. The number of nitrogens with two attached hydrogens (primary N) is 1. The molecule has 0 fully saturated rings. The fraction of sp³-hybridized carbons (Fsp3) is 0.231. The summed E-state index contributed by atoms with van der Waals surface area (Å²) in [5.41, 5.74) is 8.57. The van der Waals surface area contributed by atoms with Crippen molar-refractivity contribution in [1.29, 1.82) is 0 Å². The van der Waals surface area contributed by atoms with Gasteiger partial charge >= 0.3 is 0 Å². The molecule has 1 unspecified atom stereocenters. The van der Waals surface area contributed by atoms with Crippen molar-refractivity contribution in [1.82, 2.24) is 9.97 Å². The average molecular weight is 231 g/mol. The molecule has 1 atom stereocenters. The molecular weight excluding hydrogens is 217 g/mol. The molecule has 3 nitrogen and oxygen atoms in total. The summed E-state index contributed by atoms with van der Waals surface area (Å²) in [6.45, 7) is 3.65. The van der Waals surface area contributed by atoms with E-state index in [2.05, 4.69) is 9.97 Å². The molecule has 0 spiro atoms. The Labute approximate surface area is 99.5 Å². The van der Waals surface area contributed by atoms with Gasteiger partial charge in [-0.05, 0) is 43.2 Å². The molecule has 1 aromatic carbocycles. The summed E-state index contributed by atoms with van der Waals surface area (Å²) < 4.78 is 13.0. The molecule has 0 saturated carbocycles. The lowest BCUT2D eigenvalue weighted by atomic mass is 9.99. The zero-order valence-electron chi connectivity index (χ0n) is 9.81. The predicted molar refractivity (Wildman–Crippen MR) is 63.9 cm³/mol. The number of halogens is 1. The van der Waals surface area contributed by atoms with E-state index in [0.29, 0.717) is 5.82 Å². The van der Waals surface area contributed by atoms with Gasteiger partial charge in [0.2, 0.25) is 0 Å². The molecule has 0 saturated heterocycles. The van der Waals surface area contributed by atoms with Gasteiger partial charge in [-0.1, -0.05) is 6.07 Å². The molecule has 0 aliphatic rings. The number of rotatable bonds is 2. The van der Waals surface area contributed by atoms with E-state index in [0.717, 1.165) is 16.8 Å². The summed E-state index contributed by atoms with van der Waals surface area (Å²) >= 11 is 0. The van der Waals surface area contributed by atoms with Gasteiger partial charge in [0.05, 0.1) is 11.7 Å². The molecule has 4 heteroatoms. The zero-order chi connectivity index (χ0) is 12.4. The number of aryl methyl sites for hydroxylation is 2. The highest BCUT2D eigenvalue weighted by Crippen LogP contribution is 2.21. The molecule has 17 heavy (non-hydrogen) atoms. The third kappa shape index (κ3) is 2.47. The Morgan fingerprint density at radius 2 is 2.00 bits per heavy atom. The van der Waals surface area contributed by atoms with Gasteiger partial charge in [-0.3, -0.25) is 0 Å². The maximum atomic E-state index is 13.0. The molecule has 88 valence electrons. The van der Waals surface area contributed by atoms with Crippen molar-refractivity contribution in [2.24, 2.45) is 5.73 Å². The predicted octanol–water partition coefficient (Wildman–Crippen LogP) is 2.28. The van der Waals surface area contributed by atoms with Gasteiger partial charge in [0.25, 0.3) is 0 Å². The molecular formula is C13H14FN3. The van der Waals surface area contributed by atoms with Gasteiger partial charge in [0.1, 0.15) is 11.6 Å². The third-order valence-corrected chi connectivity index (χ3v) is 2.68. The van der Waals surface area contributed by atoms with E-state index in [1.54, 1.807) is 18.3 Å². The van der Waals surface area contributed by atoms with Gasteiger partial charge in [0.15, 0.2) is 0 Å². The van der Waals surface area contributed by atoms with Crippen molar-refractivity contribution in [3.05, 3.63) is 58.9 Å². The van der Waals surface area contributed by atoms with Crippen molar-refractivity contribution in [2.45, 2.75) is 19.9 Å². The standard InChI is InChI=1S/C13H14FN3/c1-8-7-10(14)3-4-11(8)13(15)12-5-6-16-9(2)17-12/h3-7,13H,15H2,1-2H3. The quantitative estimate of drug-likeness (QED) is 0.862. The lowest BCUT2D eigenvalue weighted by Gasteiger charge is -2.14. The monoisotopic (exact) mass is 231 g/mol. The van der Waals surface area contributed by atoms with E-state index >= 15 is 0 Å². The van der Waals surface area contributed by atoms with Crippen molar-refractivity contribution in [3.8, 4) is 0 Å². The molecule has 0 aliphatic heterocycles. The van der Waals surface area contributed by atoms with Crippen molar-refractivity contribution >= 4 is 0 Å². The highest BCUT2D eigenvalue weighted by molar-refractivity contribution is 5.34. The number of hydrogen-bond acceptors (Lipinski definition) is 3. The molecule has 0 bridgehead atoms. The number of nitrogens with zero attached hydrogens (tertiary/aromatic N) is 2. The van der Waals surface area contributed by atoms with Gasteiger partial charge in [-0.25, -0.2) is 14.4 Å². The Bertz CT molecular complexity index is 540.